The maximum absolute atomic E-state index is 12.2. The minimum atomic E-state index is -0.240. The molecule has 2 heterocycles. The molecule has 6 unspecified atom stereocenters. The van der Waals surface area contributed by atoms with E-state index in [0.29, 0.717) is 29.8 Å². The average molecular weight is 318 g/mol. The van der Waals surface area contributed by atoms with Crippen molar-refractivity contribution >= 4 is 13.0 Å². The Balaban J connectivity index is 1.37. The van der Waals surface area contributed by atoms with Crippen LogP contribution in [0.25, 0.3) is 0 Å². The zero-order chi connectivity index (χ0) is 16.0. The molecule has 1 spiro atoms. The van der Waals surface area contributed by atoms with Crippen LogP contribution in [-0.4, -0.2) is 49.2 Å². The number of carbonyl (C=O) groups is 1. The van der Waals surface area contributed by atoms with E-state index in [2.05, 4.69) is 13.8 Å². The van der Waals surface area contributed by atoms with Crippen LogP contribution < -0.4 is 5.73 Å². The van der Waals surface area contributed by atoms with E-state index in [1.807, 2.05) is 4.90 Å². The molecule has 23 heavy (non-hydrogen) atoms. The van der Waals surface area contributed by atoms with Gasteiger partial charge in [0.2, 0.25) is 5.91 Å². The van der Waals surface area contributed by atoms with Gasteiger partial charge in [0.25, 0.3) is 0 Å². The lowest BCUT2D eigenvalue weighted by Gasteiger charge is -2.63. The molecule has 2 bridgehead atoms. The van der Waals surface area contributed by atoms with Gasteiger partial charge in [-0.25, -0.2) is 0 Å². The number of hydrogen-bond donors (Lipinski definition) is 1. The van der Waals surface area contributed by atoms with E-state index in [0.717, 1.165) is 18.9 Å². The van der Waals surface area contributed by atoms with Crippen molar-refractivity contribution in [1.82, 2.24) is 4.90 Å². The molecule has 0 radical (unpaired) electrons. The number of hydrogen-bond acceptors (Lipinski definition) is 4. The van der Waals surface area contributed by atoms with Crippen molar-refractivity contribution in [2.45, 2.75) is 51.1 Å². The summed E-state index contributed by atoms with van der Waals surface area (Å²) in [5.74, 6) is 2.81. The van der Waals surface area contributed by atoms with E-state index in [4.69, 9.17) is 15.0 Å². The summed E-state index contributed by atoms with van der Waals surface area (Å²) >= 11 is 0. The standard InChI is InChI=1S/C17H27BN2O3/c1-16(2)11-3-4-17(13(16)6-11)9-22-18(23-17)15-12-5-10(12)8-20(15)14(21)7-19/h10-13,15H,3-9,19H2,1-2H3. The maximum Gasteiger partial charge on any atom is 0.482 e. The Hall–Kier alpha value is -0.585. The number of rotatable bonds is 2. The molecule has 2 aliphatic heterocycles. The van der Waals surface area contributed by atoms with Crippen LogP contribution >= 0.6 is 0 Å². The molecule has 4 aliphatic carbocycles. The Bertz CT molecular complexity index is 554. The van der Waals surface area contributed by atoms with Crippen molar-refractivity contribution in [3.8, 4) is 0 Å². The summed E-state index contributed by atoms with van der Waals surface area (Å²) in [7, 11) is -0.240. The molecule has 0 aromatic heterocycles. The molecule has 0 aromatic rings. The van der Waals surface area contributed by atoms with E-state index in [9.17, 15) is 4.79 Å². The van der Waals surface area contributed by atoms with Crippen LogP contribution in [0.15, 0.2) is 0 Å². The Labute approximate surface area is 138 Å². The highest BCUT2D eigenvalue weighted by atomic mass is 16.7. The second kappa shape index (κ2) is 4.52. The lowest BCUT2D eigenvalue weighted by Crippen LogP contribution is -2.63. The van der Waals surface area contributed by atoms with E-state index in [1.165, 1.54) is 19.3 Å². The fraction of sp³-hybridized carbons (Fsp3) is 0.941. The Kier molecular flexibility index (Phi) is 2.90. The summed E-state index contributed by atoms with van der Waals surface area (Å²) in [5.41, 5.74) is 5.87. The lowest BCUT2D eigenvalue weighted by molar-refractivity contribution is -0.183. The predicted molar refractivity (Wildman–Crippen MR) is 86.3 cm³/mol. The zero-order valence-corrected chi connectivity index (χ0v) is 14.2. The highest BCUT2D eigenvalue weighted by Gasteiger charge is 2.68. The molecule has 6 atom stereocenters. The van der Waals surface area contributed by atoms with Gasteiger partial charge in [-0.3, -0.25) is 4.79 Å². The van der Waals surface area contributed by atoms with Gasteiger partial charge < -0.3 is 19.9 Å². The van der Waals surface area contributed by atoms with Gasteiger partial charge in [-0.2, -0.15) is 0 Å². The molecule has 1 amide bonds. The highest BCUT2D eigenvalue weighted by molar-refractivity contribution is 6.48. The molecule has 6 fully saturated rings. The van der Waals surface area contributed by atoms with Crippen molar-refractivity contribution in [3.05, 3.63) is 0 Å². The molecule has 2 saturated heterocycles. The van der Waals surface area contributed by atoms with Crippen LogP contribution in [0.1, 0.15) is 39.5 Å². The first-order chi connectivity index (χ1) is 11.0. The van der Waals surface area contributed by atoms with Gasteiger partial charge in [0, 0.05) is 6.54 Å². The number of amides is 1. The van der Waals surface area contributed by atoms with Crippen molar-refractivity contribution in [2.24, 2.45) is 34.8 Å². The van der Waals surface area contributed by atoms with Crippen molar-refractivity contribution in [1.29, 1.82) is 0 Å². The van der Waals surface area contributed by atoms with E-state index in [1.54, 1.807) is 0 Å². The Morgan fingerprint density at radius 3 is 2.91 bits per heavy atom. The fourth-order valence-electron chi connectivity index (χ4n) is 6.23. The smallest absolute Gasteiger partial charge is 0.407 e. The summed E-state index contributed by atoms with van der Waals surface area (Å²) in [6.45, 7) is 6.42. The fourth-order valence-corrected chi connectivity index (χ4v) is 6.23. The lowest BCUT2D eigenvalue weighted by atomic mass is 9.44. The number of carbonyl (C=O) groups excluding carboxylic acids is 1. The van der Waals surface area contributed by atoms with E-state index >= 15 is 0 Å². The SMILES string of the molecule is CC1(C)C2CCC3(COB(C4C5CC5CN4C(=O)CN)O3)C1C2. The summed E-state index contributed by atoms with van der Waals surface area (Å²) in [5, 5.41) is 0. The molecule has 5 nitrogen and oxygen atoms in total. The van der Waals surface area contributed by atoms with E-state index in [-0.39, 0.29) is 31.1 Å². The number of piperidine rings is 1. The van der Waals surface area contributed by atoms with Gasteiger partial charge in [-0.15, -0.1) is 0 Å². The molecule has 126 valence electrons. The molecule has 6 rings (SSSR count). The second-order valence-electron chi connectivity index (χ2n) is 9.11. The molecular weight excluding hydrogens is 291 g/mol. The third kappa shape index (κ3) is 1.83. The predicted octanol–water partition coefficient (Wildman–Crippen LogP) is 1.06. The molecule has 6 aliphatic rings. The molecule has 2 N–H and O–H groups in total. The minimum absolute atomic E-state index is 0.0445. The van der Waals surface area contributed by atoms with Crippen LogP contribution in [0.4, 0.5) is 0 Å². The summed E-state index contributed by atoms with van der Waals surface area (Å²) in [4.78, 5) is 14.1. The summed E-state index contributed by atoms with van der Waals surface area (Å²) in [6.07, 6.45) is 4.87. The molecule has 6 heteroatoms. The van der Waals surface area contributed by atoms with Gasteiger partial charge in [0.1, 0.15) is 0 Å². The number of nitrogens with two attached hydrogens (primary N) is 1. The largest absolute Gasteiger partial charge is 0.482 e. The topological polar surface area (TPSA) is 64.8 Å². The van der Waals surface area contributed by atoms with Gasteiger partial charge in [-0.1, -0.05) is 13.8 Å². The summed E-state index contributed by atoms with van der Waals surface area (Å²) < 4.78 is 12.8. The van der Waals surface area contributed by atoms with Crippen molar-refractivity contribution in [3.63, 3.8) is 0 Å². The van der Waals surface area contributed by atoms with Crippen LogP contribution in [0.2, 0.25) is 0 Å². The Morgan fingerprint density at radius 1 is 1.39 bits per heavy atom. The third-order valence-corrected chi connectivity index (χ3v) is 7.85. The first-order valence-electron chi connectivity index (χ1n) is 9.25. The number of nitrogens with zero attached hydrogens (tertiary/aromatic N) is 1. The van der Waals surface area contributed by atoms with Gasteiger partial charge >= 0.3 is 7.12 Å². The van der Waals surface area contributed by atoms with Crippen LogP contribution in [0.5, 0.6) is 0 Å². The highest BCUT2D eigenvalue weighted by Crippen LogP contribution is 2.65. The maximum atomic E-state index is 12.2. The van der Waals surface area contributed by atoms with Crippen LogP contribution in [-0.2, 0) is 14.1 Å². The first-order valence-corrected chi connectivity index (χ1v) is 9.25. The summed E-state index contributed by atoms with van der Waals surface area (Å²) in [6, 6.07) is 0. The van der Waals surface area contributed by atoms with Gasteiger partial charge in [0.05, 0.1) is 24.7 Å². The van der Waals surface area contributed by atoms with Gasteiger partial charge in [-0.05, 0) is 54.8 Å². The molecule has 0 aromatic carbocycles. The Morgan fingerprint density at radius 2 is 2.22 bits per heavy atom. The monoisotopic (exact) mass is 318 g/mol. The third-order valence-electron chi connectivity index (χ3n) is 7.85. The number of fused-ring (bicyclic) bond motifs is 2. The van der Waals surface area contributed by atoms with Crippen LogP contribution in [0.3, 0.4) is 0 Å². The van der Waals surface area contributed by atoms with Crippen LogP contribution in [0, 0.1) is 29.1 Å². The molecule has 4 saturated carbocycles. The minimum Gasteiger partial charge on any atom is -0.407 e. The second-order valence-corrected chi connectivity index (χ2v) is 9.11. The normalized spacial score (nSPS) is 49.3. The first kappa shape index (κ1) is 14.7. The quantitative estimate of drug-likeness (QED) is 0.773. The van der Waals surface area contributed by atoms with Crippen molar-refractivity contribution in [2.75, 3.05) is 19.7 Å². The van der Waals surface area contributed by atoms with Gasteiger partial charge in [0.15, 0.2) is 0 Å². The zero-order valence-electron chi connectivity index (χ0n) is 14.2. The molecular formula is C17H27BN2O3. The average Bonchev–Trinajstić information content (AvgIpc) is 3.03. The van der Waals surface area contributed by atoms with Crippen molar-refractivity contribution < 1.29 is 14.1 Å². The van der Waals surface area contributed by atoms with E-state index < -0.39 is 0 Å². The number of likely N-dealkylation sites (tertiary alicyclic amines) is 1.